The number of rotatable bonds is 4. The smallest absolute Gasteiger partial charge is 0.112 e. The summed E-state index contributed by atoms with van der Waals surface area (Å²) >= 11 is 9.81. The van der Waals surface area contributed by atoms with E-state index in [1.54, 1.807) is 0 Å². The number of benzene rings is 2. The van der Waals surface area contributed by atoms with E-state index in [2.05, 4.69) is 82.5 Å². The zero-order chi connectivity index (χ0) is 14.7. The van der Waals surface area contributed by atoms with Gasteiger partial charge in [-0.25, -0.2) is 0 Å². The fourth-order valence-electron chi connectivity index (χ4n) is 2.10. The highest BCUT2D eigenvalue weighted by molar-refractivity contribution is 7.79. The summed E-state index contributed by atoms with van der Waals surface area (Å²) in [6, 6.07) is 16.6. The molecule has 0 fully saturated rings. The van der Waals surface area contributed by atoms with Gasteiger partial charge in [-0.2, -0.15) is 34.0 Å². The topological polar surface area (TPSA) is 25.8 Å². The van der Waals surface area contributed by atoms with Gasteiger partial charge in [0.05, 0.1) is 11.7 Å². The van der Waals surface area contributed by atoms with Gasteiger partial charge in [0, 0.05) is 22.6 Å². The highest BCUT2D eigenvalue weighted by Gasteiger charge is 2.12. The van der Waals surface area contributed by atoms with Gasteiger partial charge in [0.2, 0.25) is 0 Å². The molecule has 0 unspecified atom stereocenters. The van der Waals surface area contributed by atoms with E-state index in [9.17, 15) is 0 Å². The SMILES string of the molecule is SCc1ccc(-c2nsnc2-c2ccc(CS)cc2)cc1. The highest BCUT2D eigenvalue weighted by Crippen LogP contribution is 2.30. The Morgan fingerprint density at radius 3 is 1.38 bits per heavy atom. The molecule has 1 aromatic heterocycles. The molecule has 106 valence electrons. The molecule has 0 spiro atoms. The van der Waals surface area contributed by atoms with E-state index >= 15 is 0 Å². The third kappa shape index (κ3) is 3.15. The van der Waals surface area contributed by atoms with Crippen molar-refractivity contribution >= 4 is 37.0 Å². The van der Waals surface area contributed by atoms with Crippen molar-refractivity contribution in [1.82, 2.24) is 8.75 Å². The number of thiol groups is 2. The van der Waals surface area contributed by atoms with E-state index in [1.807, 2.05) is 0 Å². The monoisotopic (exact) mass is 330 g/mol. The van der Waals surface area contributed by atoms with Crippen molar-refractivity contribution in [3.8, 4) is 22.5 Å². The molecule has 0 saturated carbocycles. The fourth-order valence-corrected chi connectivity index (χ4v) is 3.11. The van der Waals surface area contributed by atoms with Crippen molar-refractivity contribution in [2.45, 2.75) is 11.5 Å². The van der Waals surface area contributed by atoms with Gasteiger partial charge in [0.25, 0.3) is 0 Å². The summed E-state index contributed by atoms with van der Waals surface area (Å²) in [5.74, 6) is 1.49. The van der Waals surface area contributed by atoms with Crippen molar-refractivity contribution in [3.05, 3.63) is 59.7 Å². The Morgan fingerprint density at radius 2 is 1.05 bits per heavy atom. The summed E-state index contributed by atoms with van der Waals surface area (Å²) < 4.78 is 8.91. The number of hydrogen-bond donors (Lipinski definition) is 2. The Hall–Kier alpha value is -1.30. The van der Waals surface area contributed by atoms with Gasteiger partial charge >= 0.3 is 0 Å². The van der Waals surface area contributed by atoms with Gasteiger partial charge in [0.1, 0.15) is 11.4 Å². The molecule has 0 aliphatic heterocycles. The van der Waals surface area contributed by atoms with E-state index < -0.39 is 0 Å². The van der Waals surface area contributed by atoms with E-state index in [4.69, 9.17) is 0 Å². The fraction of sp³-hybridized carbons (Fsp3) is 0.125. The van der Waals surface area contributed by atoms with Gasteiger partial charge in [-0.1, -0.05) is 48.5 Å². The van der Waals surface area contributed by atoms with Crippen LogP contribution in [0.15, 0.2) is 48.5 Å². The Bertz CT molecular complexity index is 656. The van der Waals surface area contributed by atoms with Gasteiger partial charge in [0.15, 0.2) is 0 Å². The number of hydrogen-bond acceptors (Lipinski definition) is 5. The second-order valence-electron chi connectivity index (χ2n) is 4.67. The first kappa shape index (κ1) is 14.6. The summed E-state index contributed by atoms with van der Waals surface area (Å²) in [7, 11) is 0. The third-order valence-electron chi connectivity index (χ3n) is 3.31. The minimum Gasteiger partial charge on any atom is -0.175 e. The predicted octanol–water partition coefficient (Wildman–Crippen LogP) is 4.73. The molecule has 2 nitrogen and oxygen atoms in total. The van der Waals surface area contributed by atoms with Crippen LogP contribution >= 0.6 is 37.0 Å². The third-order valence-corrected chi connectivity index (χ3v) is 4.57. The summed E-state index contributed by atoms with van der Waals surface area (Å²) in [4.78, 5) is 0. The average Bonchev–Trinajstić information content (AvgIpc) is 3.04. The lowest BCUT2D eigenvalue weighted by atomic mass is 10.0. The van der Waals surface area contributed by atoms with Crippen molar-refractivity contribution < 1.29 is 0 Å². The van der Waals surface area contributed by atoms with Crippen LogP contribution in [0.1, 0.15) is 11.1 Å². The molecular formula is C16H14N2S3. The Balaban J connectivity index is 1.99. The first-order valence-corrected chi connectivity index (χ1v) is 8.54. The lowest BCUT2D eigenvalue weighted by molar-refractivity contribution is 1.39. The van der Waals surface area contributed by atoms with Crippen LogP contribution in [0.5, 0.6) is 0 Å². The minimum absolute atomic E-state index is 0.744. The van der Waals surface area contributed by atoms with Gasteiger partial charge in [-0.05, 0) is 11.1 Å². The molecule has 0 N–H and O–H groups in total. The van der Waals surface area contributed by atoms with Crippen molar-refractivity contribution in [3.63, 3.8) is 0 Å². The molecule has 0 radical (unpaired) electrons. The normalized spacial score (nSPS) is 10.8. The van der Waals surface area contributed by atoms with Crippen LogP contribution < -0.4 is 0 Å². The van der Waals surface area contributed by atoms with E-state index in [0.717, 1.165) is 34.0 Å². The summed E-state index contributed by atoms with van der Waals surface area (Å²) in [5, 5.41) is 0. The van der Waals surface area contributed by atoms with Crippen molar-refractivity contribution in [2.24, 2.45) is 0 Å². The molecule has 5 heteroatoms. The van der Waals surface area contributed by atoms with Crippen molar-refractivity contribution in [2.75, 3.05) is 0 Å². The van der Waals surface area contributed by atoms with Crippen LogP contribution in [-0.2, 0) is 11.5 Å². The molecule has 0 amide bonds. The molecule has 0 aliphatic carbocycles. The van der Waals surface area contributed by atoms with Gasteiger partial charge < -0.3 is 0 Å². The number of aromatic nitrogens is 2. The van der Waals surface area contributed by atoms with E-state index in [0.29, 0.717) is 0 Å². The minimum atomic E-state index is 0.744. The van der Waals surface area contributed by atoms with Crippen LogP contribution in [0.2, 0.25) is 0 Å². The predicted molar refractivity (Wildman–Crippen MR) is 96.2 cm³/mol. The second-order valence-corrected chi connectivity index (χ2v) is 5.83. The van der Waals surface area contributed by atoms with Crippen LogP contribution in [-0.4, -0.2) is 8.75 Å². The molecule has 0 atom stereocenters. The summed E-state index contributed by atoms with van der Waals surface area (Å²) in [6.45, 7) is 0. The average molecular weight is 331 g/mol. The van der Waals surface area contributed by atoms with Crippen LogP contribution in [0, 0.1) is 0 Å². The summed E-state index contributed by atoms with van der Waals surface area (Å²) in [5.41, 5.74) is 6.44. The van der Waals surface area contributed by atoms with Crippen molar-refractivity contribution in [1.29, 1.82) is 0 Å². The molecule has 3 rings (SSSR count). The molecule has 0 bridgehead atoms. The largest absolute Gasteiger partial charge is 0.175 e. The standard InChI is InChI=1S/C16H14N2S3/c19-9-11-1-5-13(6-2-11)15-16(18-21-17-15)14-7-3-12(10-20)4-8-14/h1-8,19-20H,9-10H2. The molecule has 1 heterocycles. The lowest BCUT2D eigenvalue weighted by Gasteiger charge is -2.04. The Morgan fingerprint density at radius 1 is 0.667 bits per heavy atom. The van der Waals surface area contributed by atoms with Crippen LogP contribution in [0.25, 0.3) is 22.5 Å². The van der Waals surface area contributed by atoms with E-state index in [1.165, 1.54) is 22.9 Å². The van der Waals surface area contributed by atoms with Crippen LogP contribution in [0.4, 0.5) is 0 Å². The van der Waals surface area contributed by atoms with Crippen LogP contribution in [0.3, 0.4) is 0 Å². The molecular weight excluding hydrogens is 316 g/mol. The zero-order valence-corrected chi connectivity index (χ0v) is 13.8. The van der Waals surface area contributed by atoms with E-state index in [-0.39, 0.29) is 0 Å². The second kappa shape index (κ2) is 6.64. The quantitative estimate of drug-likeness (QED) is 0.676. The molecule has 0 saturated heterocycles. The molecule has 2 aromatic carbocycles. The maximum Gasteiger partial charge on any atom is 0.112 e. The molecule has 21 heavy (non-hydrogen) atoms. The molecule has 3 aromatic rings. The zero-order valence-electron chi connectivity index (χ0n) is 11.2. The first-order valence-electron chi connectivity index (χ1n) is 6.54. The first-order chi connectivity index (χ1) is 10.3. The Labute approximate surface area is 139 Å². The van der Waals surface area contributed by atoms with Gasteiger partial charge in [-0.15, -0.1) is 0 Å². The maximum atomic E-state index is 4.46. The highest BCUT2D eigenvalue weighted by atomic mass is 32.1. The Kier molecular flexibility index (Phi) is 4.63. The van der Waals surface area contributed by atoms with Gasteiger partial charge in [-0.3, -0.25) is 0 Å². The summed E-state index contributed by atoms with van der Waals surface area (Å²) in [6.07, 6.45) is 0. The lowest BCUT2D eigenvalue weighted by Crippen LogP contribution is -1.86. The molecule has 0 aliphatic rings. The number of nitrogens with zero attached hydrogens (tertiary/aromatic N) is 2. The maximum absolute atomic E-state index is 4.46.